The lowest BCUT2D eigenvalue weighted by molar-refractivity contribution is -0.385. The summed E-state index contributed by atoms with van der Waals surface area (Å²) in [6.07, 6.45) is 1.55. The third-order valence-electron chi connectivity index (χ3n) is 2.69. The molecule has 1 aromatic carbocycles. The molecule has 0 bridgehead atoms. The zero-order chi connectivity index (χ0) is 16.4. The molecule has 1 N–H and O–H groups in total. The van der Waals surface area contributed by atoms with Gasteiger partial charge in [-0.3, -0.25) is 19.6 Å². The summed E-state index contributed by atoms with van der Waals surface area (Å²) in [5.41, 5.74) is 0.948. The van der Waals surface area contributed by atoms with Crippen molar-refractivity contribution < 1.29 is 9.72 Å². The molecule has 0 atom stereocenters. The van der Waals surface area contributed by atoms with Gasteiger partial charge in [-0.25, -0.2) is 0 Å². The molecule has 10 heteroatoms. The van der Waals surface area contributed by atoms with Crippen molar-refractivity contribution in [2.24, 2.45) is 0 Å². The normalized spacial score (nSPS) is 10.5. The molecule has 0 saturated carbocycles. The van der Waals surface area contributed by atoms with Gasteiger partial charge in [-0.1, -0.05) is 11.6 Å². The number of aromatic nitrogens is 2. The van der Waals surface area contributed by atoms with Gasteiger partial charge in [-0.15, -0.1) is 0 Å². The molecule has 1 aromatic heterocycles. The Labute approximate surface area is 147 Å². The fourth-order valence-electron chi connectivity index (χ4n) is 1.69. The van der Waals surface area contributed by atoms with E-state index in [-0.39, 0.29) is 18.1 Å². The molecule has 0 aliphatic heterocycles. The predicted octanol–water partition coefficient (Wildman–Crippen LogP) is 3.92. The Morgan fingerprint density at radius 2 is 2.05 bits per heavy atom. The molecule has 22 heavy (non-hydrogen) atoms. The summed E-state index contributed by atoms with van der Waals surface area (Å²) in [6, 6.07) is 2.63. The Kier molecular flexibility index (Phi) is 5.20. The monoisotopic (exact) mass is 450 g/mol. The van der Waals surface area contributed by atoms with Gasteiger partial charge < -0.3 is 5.32 Å². The van der Waals surface area contributed by atoms with E-state index in [9.17, 15) is 14.9 Å². The van der Waals surface area contributed by atoms with Crippen molar-refractivity contribution in [3.63, 3.8) is 0 Å². The van der Waals surface area contributed by atoms with Gasteiger partial charge in [0.05, 0.1) is 21.3 Å². The van der Waals surface area contributed by atoms with E-state index in [4.69, 9.17) is 11.6 Å². The Balaban J connectivity index is 2.16. The van der Waals surface area contributed by atoms with Gasteiger partial charge in [0.25, 0.3) is 5.69 Å². The molecule has 1 amide bonds. The summed E-state index contributed by atoms with van der Waals surface area (Å²) in [6.45, 7) is 1.71. The molecule has 0 aliphatic carbocycles. The van der Waals surface area contributed by atoms with Gasteiger partial charge in [0.15, 0.2) is 0 Å². The van der Waals surface area contributed by atoms with Crippen LogP contribution in [0.15, 0.2) is 27.3 Å². The first-order valence-electron chi connectivity index (χ1n) is 5.90. The van der Waals surface area contributed by atoms with Gasteiger partial charge in [0, 0.05) is 27.3 Å². The Morgan fingerprint density at radius 3 is 2.50 bits per heavy atom. The number of carbonyl (C=O) groups is 1. The molecule has 0 unspecified atom stereocenters. The van der Waals surface area contributed by atoms with Crippen molar-refractivity contribution in [2.75, 3.05) is 5.32 Å². The van der Waals surface area contributed by atoms with Crippen LogP contribution >= 0.6 is 43.5 Å². The number of non-ortho nitro benzene ring substituents is 1. The average molecular weight is 452 g/mol. The first kappa shape index (κ1) is 16.9. The molecule has 0 aliphatic rings. The van der Waals surface area contributed by atoms with Crippen LogP contribution in [0.25, 0.3) is 0 Å². The first-order chi connectivity index (χ1) is 10.3. The quantitative estimate of drug-likeness (QED) is 0.563. The second-order valence-electron chi connectivity index (χ2n) is 4.35. The van der Waals surface area contributed by atoms with Crippen LogP contribution < -0.4 is 5.32 Å². The van der Waals surface area contributed by atoms with Crippen LogP contribution in [0.3, 0.4) is 0 Å². The predicted molar refractivity (Wildman–Crippen MR) is 89.1 cm³/mol. The van der Waals surface area contributed by atoms with E-state index in [1.807, 2.05) is 0 Å². The largest absolute Gasteiger partial charge is 0.323 e. The minimum Gasteiger partial charge on any atom is -0.323 e. The highest BCUT2D eigenvalue weighted by Gasteiger charge is 2.16. The first-order valence-corrected chi connectivity index (χ1v) is 7.87. The molecule has 7 nitrogen and oxygen atoms in total. The van der Waals surface area contributed by atoms with E-state index in [1.54, 1.807) is 13.1 Å². The average Bonchev–Trinajstić information content (AvgIpc) is 2.72. The van der Waals surface area contributed by atoms with Crippen molar-refractivity contribution in [1.82, 2.24) is 9.78 Å². The number of aryl methyl sites for hydroxylation is 1. The highest BCUT2D eigenvalue weighted by molar-refractivity contribution is 9.11. The number of nitrogens with one attached hydrogen (secondary N) is 1. The van der Waals surface area contributed by atoms with Gasteiger partial charge in [-0.2, -0.15) is 5.10 Å². The molecule has 0 radical (unpaired) electrons. The second-order valence-corrected chi connectivity index (χ2v) is 6.47. The molecule has 0 saturated heterocycles. The lowest BCUT2D eigenvalue weighted by Crippen LogP contribution is -2.19. The molecular weight excluding hydrogens is 443 g/mol. The number of halogens is 3. The van der Waals surface area contributed by atoms with E-state index in [0.29, 0.717) is 25.3 Å². The molecular formula is C12H9Br2ClN4O3. The van der Waals surface area contributed by atoms with Crippen molar-refractivity contribution in [2.45, 2.75) is 13.5 Å². The maximum absolute atomic E-state index is 12.0. The maximum atomic E-state index is 12.0. The number of hydrogen-bond acceptors (Lipinski definition) is 4. The van der Waals surface area contributed by atoms with Crippen LogP contribution in [-0.2, 0) is 11.3 Å². The van der Waals surface area contributed by atoms with E-state index in [2.05, 4.69) is 42.3 Å². The van der Waals surface area contributed by atoms with Crippen LogP contribution in [0.4, 0.5) is 11.4 Å². The van der Waals surface area contributed by atoms with Crippen molar-refractivity contribution in [3.8, 4) is 0 Å². The Morgan fingerprint density at radius 1 is 1.45 bits per heavy atom. The number of nitro benzene ring substituents is 1. The molecule has 2 aromatic rings. The van der Waals surface area contributed by atoms with Gasteiger partial charge in [0.1, 0.15) is 6.54 Å². The number of nitro groups is 1. The number of nitrogens with zero attached hydrogens (tertiary/aromatic N) is 3. The van der Waals surface area contributed by atoms with Crippen molar-refractivity contribution in [3.05, 3.63) is 48.1 Å². The van der Waals surface area contributed by atoms with Gasteiger partial charge in [0.2, 0.25) is 5.91 Å². The standard InChI is InChI=1S/C12H9Br2ClN4O3/c1-6-10(15)4-18(17-6)5-11(20)16-12-8(13)2-7(19(21)22)3-9(12)14/h2-4H,5H2,1H3,(H,16,20). The third-order valence-corrected chi connectivity index (χ3v) is 4.32. The maximum Gasteiger partial charge on any atom is 0.271 e. The number of anilines is 1. The summed E-state index contributed by atoms with van der Waals surface area (Å²) in [5.74, 6) is -0.339. The lowest BCUT2D eigenvalue weighted by atomic mass is 10.3. The van der Waals surface area contributed by atoms with Gasteiger partial charge in [-0.05, 0) is 38.8 Å². The second kappa shape index (κ2) is 6.76. The molecule has 116 valence electrons. The van der Waals surface area contributed by atoms with Crippen molar-refractivity contribution in [1.29, 1.82) is 0 Å². The topological polar surface area (TPSA) is 90.1 Å². The van der Waals surface area contributed by atoms with E-state index in [1.165, 1.54) is 16.8 Å². The van der Waals surface area contributed by atoms with Crippen LogP contribution in [0.5, 0.6) is 0 Å². The zero-order valence-corrected chi connectivity index (χ0v) is 15.1. The third kappa shape index (κ3) is 3.84. The number of carbonyl (C=O) groups excluding carboxylic acids is 1. The smallest absolute Gasteiger partial charge is 0.271 e. The molecule has 1 heterocycles. The van der Waals surface area contributed by atoms with E-state index in [0.717, 1.165) is 0 Å². The van der Waals surface area contributed by atoms with Gasteiger partial charge >= 0.3 is 0 Å². The number of benzene rings is 1. The highest BCUT2D eigenvalue weighted by Crippen LogP contribution is 2.35. The van der Waals surface area contributed by atoms with Crippen LogP contribution in [-0.4, -0.2) is 20.6 Å². The minimum absolute atomic E-state index is 0.0244. The fourth-order valence-corrected chi connectivity index (χ4v) is 3.20. The summed E-state index contributed by atoms with van der Waals surface area (Å²) in [7, 11) is 0. The van der Waals surface area contributed by atoms with Crippen LogP contribution in [0.2, 0.25) is 5.02 Å². The van der Waals surface area contributed by atoms with Crippen molar-refractivity contribution >= 4 is 60.7 Å². The summed E-state index contributed by atoms with van der Waals surface area (Å²) in [5, 5.41) is 18.0. The van der Waals surface area contributed by atoms with Crippen LogP contribution in [0, 0.1) is 17.0 Å². The summed E-state index contributed by atoms with van der Waals surface area (Å²) in [4.78, 5) is 22.3. The summed E-state index contributed by atoms with van der Waals surface area (Å²) < 4.78 is 2.22. The number of rotatable bonds is 4. The molecule has 0 spiro atoms. The molecule has 0 fully saturated rings. The van der Waals surface area contributed by atoms with E-state index < -0.39 is 4.92 Å². The SMILES string of the molecule is Cc1nn(CC(=O)Nc2c(Br)cc([N+](=O)[O-])cc2Br)cc1Cl. The number of hydrogen-bond donors (Lipinski definition) is 1. The lowest BCUT2D eigenvalue weighted by Gasteiger charge is -2.09. The summed E-state index contributed by atoms with van der Waals surface area (Å²) >= 11 is 12.3. The molecule has 2 rings (SSSR count). The van der Waals surface area contributed by atoms with Crippen LogP contribution in [0.1, 0.15) is 5.69 Å². The Bertz CT molecular complexity index is 720. The number of amides is 1. The highest BCUT2D eigenvalue weighted by atomic mass is 79.9. The van der Waals surface area contributed by atoms with E-state index >= 15 is 0 Å². The minimum atomic E-state index is -0.518. The zero-order valence-electron chi connectivity index (χ0n) is 11.1. The fraction of sp³-hybridized carbons (Fsp3) is 0.167. The Hall–Kier alpha value is -1.45.